The summed E-state index contributed by atoms with van der Waals surface area (Å²) in [5, 5.41) is 4.43. The summed E-state index contributed by atoms with van der Waals surface area (Å²) in [6.45, 7) is 3.09. The van der Waals surface area contributed by atoms with Crippen LogP contribution in [0, 0.1) is 12.7 Å². The third kappa shape index (κ3) is 2.87. The number of ether oxygens (including phenoxy) is 1. The average Bonchev–Trinajstić information content (AvgIpc) is 3.29. The number of hydrogen-bond donors (Lipinski definition) is 2. The smallest absolute Gasteiger partial charge is 0.222 e. The maximum atomic E-state index is 13.5. The molecule has 0 saturated heterocycles. The summed E-state index contributed by atoms with van der Waals surface area (Å²) >= 11 is 0. The molecule has 0 saturated carbocycles. The van der Waals surface area contributed by atoms with Crippen molar-refractivity contribution in [2.75, 3.05) is 11.9 Å². The Morgan fingerprint density at radius 1 is 1.14 bits per heavy atom. The first-order chi connectivity index (χ1) is 13.7. The maximum Gasteiger partial charge on any atom is 0.222 e. The van der Waals surface area contributed by atoms with E-state index in [4.69, 9.17) is 9.72 Å². The standard InChI is InChI=1S/C22H19FN4O/c1-13-19(16-7-2-3-8-18(16)25-13)21-26-20(17-9-10-28-22(17)27-21)24-12-14-5-4-6-15(23)11-14/h2-8,11,25H,9-10,12H2,1H3,(H,24,26,27). The lowest BCUT2D eigenvalue weighted by Gasteiger charge is -2.12. The molecule has 6 heteroatoms. The number of aromatic nitrogens is 3. The van der Waals surface area contributed by atoms with Gasteiger partial charge in [0.2, 0.25) is 5.88 Å². The number of benzene rings is 2. The van der Waals surface area contributed by atoms with Gasteiger partial charge in [-0.3, -0.25) is 0 Å². The number of aryl methyl sites for hydroxylation is 1. The third-order valence-electron chi connectivity index (χ3n) is 5.03. The molecule has 2 aromatic carbocycles. The summed E-state index contributed by atoms with van der Waals surface area (Å²) in [4.78, 5) is 12.9. The summed E-state index contributed by atoms with van der Waals surface area (Å²) in [6.07, 6.45) is 0.758. The van der Waals surface area contributed by atoms with Crippen molar-refractivity contribution in [1.29, 1.82) is 0 Å². The first-order valence-electron chi connectivity index (χ1n) is 9.29. The Morgan fingerprint density at radius 3 is 2.93 bits per heavy atom. The fourth-order valence-corrected chi connectivity index (χ4v) is 3.71. The minimum Gasteiger partial charge on any atom is -0.477 e. The number of H-pyrrole nitrogens is 1. The molecule has 0 fully saturated rings. The highest BCUT2D eigenvalue weighted by molar-refractivity contribution is 5.95. The molecule has 4 aromatic rings. The van der Waals surface area contributed by atoms with Crippen molar-refractivity contribution in [3.63, 3.8) is 0 Å². The second kappa shape index (κ2) is 6.64. The molecule has 0 bridgehead atoms. The van der Waals surface area contributed by atoms with Crippen LogP contribution >= 0.6 is 0 Å². The van der Waals surface area contributed by atoms with E-state index in [9.17, 15) is 4.39 Å². The molecule has 5 rings (SSSR count). The molecule has 2 N–H and O–H groups in total. The van der Waals surface area contributed by atoms with Crippen molar-refractivity contribution in [2.24, 2.45) is 0 Å². The Balaban J connectivity index is 1.57. The van der Waals surface area contributed by atoms with Crippen LogP contribution in [0.3, 0.4) is 0 Å². The molecule has 1 aliphatic rings. The highest BCUT2D eigenvalue weighted by Crippen LogP contribution is 2.35. The van der Waals surface area contributed by atoms with E-state index in [0.29, 0.717) is 24.9 Å². The molecule has 3 heterocycles. The SMILES string of the molecule is Cc1[nH]c2ccccc2c1-c1nc(NCc2cccc(F)c2)c2c(n1)OCC2. The lowest BCUT2D eigenvalue weighted by Crippen LogP contribution is -2.06. The molecule has 2 aromatic heterocycles. The molecular weight excluding hydrogens is 355 g/mol. The van der Waals surface area contributed by atoms with Gasteiger partial charge >= 0.3 is 0 Å². The number of hydrogen-bond acceptors (Lipinski definition) is 4. The minimum absolute atomic E-state index is 0.245. The number of fused-ring (bicyclic) bond motifs is 2. The molecule has 0 radical (unpaired) electrons. The fraction of sp³-hybridized carbons (Fsp3) is 0.182. The van der Waals surface area contributed by atoms with Gasteiger partial charge in [0, 0.05) is 35.1 Å². The number of nitrogens with one attached hydrogen (secondary N) is 2. The molecular formula is C22H19FN4O. The van der Waals surface area contributed by atoms with E-state index in [2.05, 4.69) is 21.4 Å². The van der Waals surface area contributed by atoms with Crippen molar-refractivity contribution in [2.45, 2.75) is 19.9 Å². The van der Waals surface area contributed by atoms with Crippen LogP contribution in [-0.4, -0.2) is 21.6 Å². The van der Waals surface area contributed by atoms with Gasteiger partial charge in [-0.15, -0.1) is 0 Å². The Hall–Kier alpha value is -3.41. The van der Waals surface area contributed by atoms with Gasteiger partial charge in [0.1, 0.15) is 11.6 Å². The predicted molar refractivity (Wildman–Crippen MR) is 107 cm³/mol. The van der Waals surface area contributed by atoms with Crippen LogP contribution in [0.5, 0.6) is 5.88 Å². The van der Waals surface area contributed by atoms with Crippen LogP contribution < -0.4 is 10.1 Å². The number of aromatic amines is 1. The number of halogens is 1. The van der Waals surface area contributed by atoms with Gasteiger partial charge in [0.05, 0.1) is 12.2 Å². The molecule has 1 aliphatic heterocycles. The summed E-state index contributed by atoms with van der Waals surface area (Å²) < 4.78 is 19.2. The van der Waals surface area contributed by atoms with E-state index in [1.807, 2.05) is 31.2 Å². The molecule has 140 valence electrons. The van der Waals surface area contributed by atoms with Crippen molar-refractivity contribution in [3.05, 3.63) is 71.2 Å². The largest absolute Gasteiger partial charge is 0.477 e. The Kier molecular flexibility index (Phi) is 3.97. The summed E-state index contributed by atoms with van der Waals surface area (Å²) in [5.41, 5.74) is 4.86. The quantitative estimate of drug-likeness (QED) is 0.547. The van der Waals surface area contributed by atoms with E-state index in [0.717, 1.165) is 45.5 Å². The van der Waals surface area contributed by atoms with Crippen LogP contribution in [0.25, 0.3) is 22.3 Å². The third-order valence-corrected chi connectivity index (χ3v) is 5.03. The lowest BCUT2D eigenvalue weighted by atomic mass is 10.1. The Labute approximate surface area is 161 Å². The van der Waals surface area contributed by atoms with Crippen molar-refractivity contribution < 1.29 is 9.13 Å². The monoisotopic (exact) mass is 374 g/mol. The summed E-state index contributed by atoms with van der Waals surface area (Å²) in [5.74, 6) is 1.74. The van der Waals surface area contributed by atoms with Crippen LogP contribution in [0.2, 0.25) is 0 Å². The van der Waals surface area contributed by atoms with Gasteiger partial charge in [0.25, 0.3) is 0 Å². The molecule has 0 amide bonds. The lowest BCUT2D eigenvalue weighted by molar-refractivity contribution is 0.345. The normalized spacial score (nSPS) is 12.8. The van der Waals surface area contributed by atoms with E-state index in [-0.39, 0.29) is 5.82 Å². The highest BCUT2D eigenvalue weighted by atomic mass is 19.1. The van der Waals surface area contributed by atoms with E-state index in [1.54, 1.807) is 6.07 Å². The van der Waals surface area contributed by atoms with Gasteiger partial charge in [-0.25, -0.2) is 9.37 Å². The van der Waals surface area contributed by atoms with Crippen LogP contribution in [0.15, 0.2) is 48.5 Å². The van der Waals surface area contributed by atoms with Gasteiger partial charge in [0.15, 0.2) is 5.82 Å². The first-order valence-corrected chi connectivity index (χ1v) is 9.29. The van der Waals surface area contributed by atoms with E-state index >= 15 is 0 Å². The zero-order valence-electron chi connectivity index (χ0n) is 15.4. The minimum atomic E-state index is -0.245. The van der Waals surface area contributed by atoms with Gasteiger partial charge in [-0.05, 0) is 30.7 Å². The van der Waals surface area contributed by atoms with E-state index in [1.165, 1.54) is 12.1 Å². The highest BCUT2D eigenvalue weighted by Gasteiger charge is 2.23. The van der Waals surface area contributed by atoms with Crippen LogP contribution in [0.1, 0.15) is 16.8 Å². The molecule has 5 nitrogen and oxygen atoms in total. The topological polar surface area (TPSA) is 62.8 Å². The Morgan fingerprint density at radius 2 is 2.04 bits per heavy atom. The van der Waals surface area contributed by atoms with Crippen molar-refractivity contribution >= 4 is 16.7 Å². The van der Waals surface area contributed by atoms with Crippen LogP contribution in [0.4, 0.5) is 10.2 Å². The maximum absolute atomic E-state index is 13.5. The number of para-hydroxylation sites is 1. The van der Waals surface area contributed by atoms with Gasteiger partial charge < -0.3 is 15.0 Å². The van der Waals surface area contributed by atoms with Crippen molar-refractivity contribution in [1.82, 2.24) is 15.0 Å². The first kappa shape index (κ1) is 16.7. The molecule has 0 aliphatic carbocycles. The molecule has 0 unspecified atom stereocenters. The van der Waals surface area contributed by atoms with E-state index < -0.39 is 0 Å². The number of rotatable bonds is 4. The van der Waals surface area contributed by atoms with Crippen LogP contribution in [-0.2, 0) is 13.0 Å². The predicted octanol–water partition coefficient (Wildman–Crippen LogP) is 4.62. The number of anilines is 1. The average molecular weight is 374 g/mol. The summed E-state index contributed by atoms with van der Waals surface area (Å²) in [6, 6.07) is 14.7. The zero-order valence-corrected chi connectivity index (χ0v) is 15.4. The van der Waals surface area contributed by atoms with Gasteiger partial charge in [-0.2, -0.15) is 4.98 Å². The van der Waals surface area contributed by atoms with Gasteiger partial charge in [-0.1, -0.05) is 30.3 Å². The second-order valence-corrected chi connectivity index (χ2v) is 6.93. The molecule has 0 spiro atoms. The second-order valence-electron chi connectivity index (χ2n) is 6.93. The molecule has 0 atom stereocenters. The Bertz CT molecular complexity index is 1180. The zero-order chi connectivity index (χ0) is 19.1. The van der Waals surface area contributed by atoms with Crippen molar-refractivity contribution in [3.8, 4) is 17.3 Å². The summed E-state index contributed by atoms with van der Waals surface area (Å²) in [7, 11) is 0. The fourth-order valence-electron chi connectivity index (χ4n) is 3.71. The molecule has 28 heavy (non-hydrogen) atoms. The number of nitrogens with zero attached hydrogens (tertiary/aromatic N) is 2.